The summed E-state index contributed by atoms with van der Waals surface area (Å²) in [4.78, 5) is 0. The molecule has 1 aliphatic carbocycles. The molecule has 1 radical (unpaired) electrons. The standard InChI is InChI=1S/C30H37.2ClH.Zr/c1-9-22-23(10-2)28(30(6,7)8)26(19-13-11-12-14-19)25-18-20-17-21(29(3,4)5)15-16-24(20)27(22)25;;;/h11-13,15-18H,9-10,14H2,1-8H3;2*1H;/q-1;;;+3/p-2. The van der Waals surface area contributed by atoms with Gasteiger partial charge in [0.15, 0.2) is 0 Å². The van der Waals surface area contributed by atoms with Gasteiger partial charge in [0.05, 0.1) is 0 Å². The summed E-state index contributed by atoms with van der Waals surface area (Å²) in [5.41, 5.74) is 9.38. The van der Waals surface area contributed by atoms with Crippen molar-refractivity contribution in [1.29, 1.82) is 0 Å². The normalized spacial score (nSPS) is 13.5. The van der Waals surface area contributed by atoms with Gasteiger partial charge in [0.1, 0.15) is 0 Å². The van der Waals surface area contributed by atoms with E-state index in [9.17, 15) is 0 Å². The Morgan fingerprint density at radius 2 is 1.52 bits per heavy atom. The Hall–Kier alpha value is -0.747. The van der Waals surface area contributed by atoms with Crippen LogP contribution in [0.15, 0.2) is 42.5 Å². The molecule has 0 aromatic heterocycles. The van der Waals surface area contributed by atoms with Crippen molar-refractivity contribution >= 4 is 27.1 Å². The van der Waals surface area contributed by atoms with Crippen molar-refractivity contribution in [3.05, 3.63) is 70.3 Å². The van der Waals surface area contributed by atoms with Crippen LogP contribution in [0.4, 0.5) is 0 Å². The van der Waals surface area contributed by atoms with Crippen LogP contribution in [0.3, 0.4) is 0 Å². The predicted molar refractivity (Wildman–Crippen MR) is 135 cm³/mol. The molecule has 0 heterocycles. The molecular formula is C30H37Cl2Zr. The van der Waals surface area contributed by atoms with Gasteiger partial charge in [-0.3, -0.25) is 0 Å². The summed E-state index contributed by atoms with van der Waals surface area (Å²) in [6, 6.07) is 9.66. The molecule has 0 aliphatic heterocycles. The van der Waals surface area contributed by atoms with Crippen LogP contribution < -0.4 is 24.8 Å². The molecule has 0 nitrogen and oxygen atoms in total. The van der Waals surface area contributed by atoms with Gasteiger partial charge in [0.25, 0.3) is 0 Å². The smallest absolute Gasteiger partial charge is 1.00 e. The van der Waals surface area contributed by atoms with Gasteiger partial charge in [-0.1, -0.05) is 119 Å². The zero-order valence-corrected chi connectivity index (χ0v) is 25.4. The first-order valence-corrected chi connectivity index (χ1v) is 11.7. The van der Waals surface area contributed by atoms with Gasteiger partial charge in [-0.2, -0.15) is 0 Å². The van der Waals surface area contributed by atoms with Crippen molar-refractivity contribution in [2.24, 2.45) is 0 Å². The van der Waals surface area contributed by atoms with Gasteiger partial charge in [0, 0.05) is 0 Å². The Morgan fingerprint density at radius 3 is 2.00 bits per heavy atom. The Bertz CT molecular complexity index is 1190. The minimum atomic E-state index is 0. The van der Waals surface area contributed by atoms with E-state index < -0.39 is 0 Å². The number of hydrogen-bond donors (Lipinski definition) is 0. The minimum Gasteiger partial charge on any atom is -1.00 e. The van der Waals surface area contributed by atoms with Crippen molar-refractivity contribution in [3.63, 3.8) is 0 Å². The molecule has 0 saturated carbocycles. The van der Waals surface area contributed by atoms with Crippen LogP contribution in [0.25, 0.3) is 27.1 Å². The SMILES string of the molecule is CCc1c(C(C)(C)C)c(C2=CC=CC2)c2[cH-]c3cc(C(C)(C)C)ccc3c2c1CC.[Cl-].[Cl-].[Zr+3]. The molecule has 33 heavy (non-hydrogen) atoms. The van der Waals surface area contributed by atoms with Gasteiger partial charge >= 0.3 is 26.2 Å². The van der Waals surface area contributed by atoms with E-state index in [1.165, 1.54) is 38.2 Å². The molecule has 1 aliphatic rings. The molecule has 0 spiro atoms. The molecule has 3 aromatic rings. The van der Waals surface area contributed by atoms with E-state index in [0.717, 1.165) is 19.3 Å². The number of halogens is 2. The van der Waals surface area contributed by atoms with Crippen LogP contribution in [0.5, 0.6) is 0 Å². The van der Waals surface area contributed by atoms with Gasteiger partial charge < -0.3 is 24.8 Å². The van der Waals surface area contributed by atoms with Crippen LogP contribution in [0, 0.1) is 0 Å². The van der Waals surface area contributed by atoms with Crippen LogP contribution in [-0.4, -0.2) is 0 Å². The molecule has 0 N–H and O–H groups in total. The number of benzene rings is 2. The monoisotopic (exact) mass is 557 g/mol. The maximum Gasteiger partial charge on any atom is 3.00 e. The molecular weight excluding hydrogens is 522 g/mol. The number of hydrogen-bond acceptors (Lipinski definition) is 0. The third-order valence-corrected chi connectivity index (χ3v) is 6.79. The van der Waals surface area contributed by atoms with Gasteiger partial charge in [-0.15, -0.1) is 33.7 Å². The van der Waals surface area contributed by atoms with Crippen LogP contribution >= 0.6 is 0 Å². The second-order valence-electron chi connectivity index (χ2n) is 11.0. The van der Waals surface area contributed by atoms with E-state index in [2.05, 4.69) is 97.9 Å². The average molecular weight is 560 g/mol. The summed E-state index contributed by atoms with van der Waals surface area (Å²) < 4.78 is 0. The van der Waals surface area contributed by atoms with Crippen molar-refractivity contribution < 1.29 is 51.0 Å². The fourth-order valence-electron chi connectivity index (χ4n) is 5.43. The number of fused-ring (bicyclic) bond motifs is 3. The summed E-state index contributed by atoms with van der Waals surface area (Å²) in [7, 11) is 0. The fraction of sp³-hybridized carbons (Fsp3) is 0.433. The zero-order chi connectivity index (χ0) is 21.8. The quantitative estimate of drug-likeness (QED) is 0.433. The third kappa shape index (κ3) is 5.27. The summed E-state index contributed by atoms with van der Waals surface area (Å²) in [6.07, 6.45) is 10.1. The van der Waals surface area contributed by atoms with Crippen molar-refractivity contribution in [2.45, 2.75) is 85.5 Å². The first-order chi connectivity index (χ1) is 14.1. The Kier molecular flexibility index (Phi) is 9.99. The Morgan fingerprint density at radius 1 is 0.879 bits per heavy atom. The number of aryl methyl sites for hydroxylation is 1. The first-order valence-electron chi connectivity index (χ1n) is 11.7. The molecule has 175 valence electrons. The molecule has 3 aromatic carbocycles. The van der Waals surface area contributed by atoms with Crippen molar-refractivity contribution in [1.82, 2.24) is 0 Å². The topological polar surface area (TPSA) is 0 Å². The van der Waals surface area contributed by atoms with E-state index in [4.69, 9.17) is 0 Å². The summed E-state index contributed by atoms with van der Waals surface area (Å²) >= 11 is 0. The van der Waals surface area contributed by atoms with Crippen LogP contribution in [-0.2, 0) is 49.9 Å². The molecule has 3 heteroatoms. The van der Waals surface area contributed by atoms with Crippen molar-refractivity contribution in [2.75, 3.05) is 0 Å². The Labute approximate surface area is 232 Å². The van der Waals surface area contributed by atoms with E-state index in [-0.39, 0.29) is 61.8 Å². The fourth-order valence-corrected chi connectivity index (χ4v) is 5.43. The largest absolute Gasteiger partial charge is 3.00 e. The van der Waals surface area contributed by atoms with Crippen LogP contribution in [0.2, 0.25) is 0 Å². The second kappa shape index (κ2) is 10.9. The van der Waals surface area contributed by atoms with E-state index in [1.807, 2.05) is 0 Å². The third-order valence-electron chi connectivity index (χ3n) is 6.79. The van der Waals surface area contributed by atoms with Gasteiger partial charge in [-0.05, 0) is 30.1 Å². The maximum atomic E-state index is 2.49. The van der Waals surface area contributed by atoms with E-state index in [1.54, 1.807) is 16.7 Å². The first kappa shape index (κ1) is 30.3. The van der Waals surface area contributed by atoms with Gasteiger partial charge in [-0.25, -0.2) is 0 Å². The molecule has 0 bridgehead atoms. The molecule has 0 atom stereocenters. The number of allylic oxidation sites excluding steroid dienone is 4. The maximum absolute atomic E-state index is 2.49. The number of rotatable bonds is 3. The van der Waals surface area contributed by atoms with E-state index >= 15 is 0 Å². The van der Waals surface area contributed by atoms with Gasteiger partial charge in [0.2, 0.25) is 0 Å². The summed E-state index contributed by atoms with van der Waals surface area (Å²) in [5.74, 6) is 0. The molecule has 0 saturated heterocycles. The Balaban J connectivity index is 0.00000181. The molecule has 0 unspecified atom stereocenters. The second-order valence-corrected chi connectivity index (χ2v) is 11.0. The average Bonchev–Trinajstić information content (AvgIpc) is 3.31. The molecule has 0 fully saturated rings. The zero-order valence-electron chi connectivity index (χ0n) is 21.4. The minimum absolute atomic E-state index is 0. The van der Waals surface area contributed by atoms with Crippen molar-refractivity contribution in [3.8, 4) is 0 Å². The summed E-state index contributed by atoms with van der Waals surface area (Å²) in [6.45, 7) is 18.8. The molecule has 4 rings (SSSR count). The van der Waals surface area contributed by atoms with E-state index in [0.29, 0.717) is 0 Å². The predicted octanol–water partition coefficient (Wildman–Crippen LogP) is 2.78. The van der Waals surface area contributed by atoms with Crippen LogP contribution in [0.1, 0.15) is 89.6 Å². The summed E-state index contributed by atoms with van der Waals surface area (Å²) in [5, 5.41) is 5.79. The molecule has 0 amide bonds.